The predicted molar refractivity (Wildman–Crippen MR) is 105 cm³/mol. The fourth-order valence-electron chi connectivity index (χ4n) is 2.73. The van der Waals surface area contributed by atoms with Gasteiger partial charge in [0.2, 0.25) is 5.76 Å². The molecule has 1 aliphatic heterocycles. The van der Waals surface area contributed by atoms with Crippen molar-refractivity contribution in [1.82, 2.24) is 9.88 Å². The molecule has 1 amide bonds. The average Bonchev–Trinajstić information content (AvgIpc) is 3.07. The van der Waals surface area contributed by atoms with Gasteiger partial charge in [0.1, 0.15) is 19.5 Å². The van der Waals surface area contributed by atoms with E-state index in [1.807, 2.05) is 20.2 Å². The maximum absolute atomic E-state index is 13.0. The van der Waals surface area contributed by atoms with Gasteiger partial charge in [-0.2, -0.15) is 0 Å². The van der Waals surface area contributed by atoms with Gasteiger partial charge in [-0.1, -0.05) is 24.3 Å². The number of benzene rings is 1. The normalized spacial score (nSPS) is 14.1. The molecular formula is C19H25N3O3S. The molecule has 7 heteroatoms. The molecule has 1 aromatic carbocycles. The van der Waals surface area contributed by atoms with E-state index in [0.717, 1.165) is 29.6 Å². The van der Waals surface area contributed by atoms with E-state index in [1.54, 1.807) is 16.2 Å². The number of aromatic nitrogens is 1. The summed E-state index contributed by atoms with van der Waals surface area (Å²) in [5.41, 5.74) is 2.19. The molecule has 1 aromatic heterocycles. The van der Waals surface area contributed by atoms with Crippen LogP contribution in [0.4, 0.5) is 5.13 Å². The lowest BCUT2D eigenvalue weighted by atomic mass is 10.2. The number of ether oxygens (including phenoxy) is 2. The predicted octanol–water partition coefficient (Wildman–Crippen LogP) is 3.03. The van der Waals surface area contributed by atoms with Crippen LogP contribution < -0.4 is 4.90 Å². The molecule has 2 heterocycles. The number of fused-ring (bicyclic) bond motifs is 1. The van der Waals surface area contributed by atoms with Crippen molar-refractivity contribution < 1.29 is 14.3 Å². The minimum atomic E-state index is -0.196. The van der Waals surface area contributed by atoms with E-state index in [2.05, 4.69) is 28.9 Å². The number of anilines is 1. The SMILES string of the molecule is CCc1ccc2nc(N(CCCN(C)C)C(=O)C3=COCCO3)sc2c1. The van der Waals surface area contributed by atoms with Crippen molar-refractivity contribution in [2.45, 2.75) is 19.8 Å². The smallest absolute Gasteiger partial charge is 0.298 e. The fraction of sp³-hybridized carbons (Fsp3) is 0.474. The molecule has 2 aromatic rings. The van der Waals surface area contributed by atoms with Gasteiger partial charge in [0.05, 0.1) is 10.2 Å². The largest absolute Gasteiger partial charge is 0.494 e. The average molecular weight is 375 g/mol. The van der Waals surface area contributed by atoms with Crippen LogP contribution >= 0.6 is 11.3 Å². The van der Waals surface area contributed by atoms with Crippen LogP contribution in [0.2, 0.25) is 0 Å². The molecule has 0 radical (unpaired) electrons. The van der Waals surface area contributed by atoms with E-state index in [-0.39, 0.29) is 11.7 Å². The van der Waals surface area contributed by atoms with Crippen molar-refractivity contribution in [1.29, 1.82) is 0 Å². The third-order valence-electron chi connectivity index (χ3n) is 4.17. The lowest BCUT2D eigenvalue weighted by molar-refractivity contribution is -0.119. The summed E-state index contributed by atoms with van der Waals surface area (Å²) in [6.45, 7) is 4.47. The summed E-state index contributed by atoms with van der Waals surface area (Å²) in [6.07, 6.45) is 3.24. The molecular weight excluding hydrogens is 350 g/mol. The molecule has 0 unspecified atom stereocenters. The summed E-state index contributed by atoms with van der Waals surface area (Å²) in [6, 6.07) is 6.26. The highest BCUT2D eigenvalue weighted by molar-refractivity contribution is 7.22. The molecule has 1 aliphatic rings. The van der Waals surface area contributed by atoms with Crippen molar-refractivity contribution in [2.24, 2.45) is 0 Å². The Morgan fingerprint density at radius 2 is 2.12 bits per heavy atom. The van der Waals surface area contributed by atoms with Gasteiger partial charge in [-0.05, 0) is 51.2 Å². The van der Waals surface area contributed by atoms with Gasteiger partial charge in [-0.3, -0.25) is 9.69 Å². The van der Waals surface area contributed by atoms with Crippen molar-refractivity contribution in [3.63, 3.8) is 0 Å². The summed E-state index contributed by atoms with van der Waals surface area (Å²) in [5.74, 6) is 0.0489. The van der Waals surface area contributed by atoms with Crippen LogP contribution in [0.1, 0.15) is 18.9 Å². The van der Waals surface area contributed by atoms with Crippen LogP contribution in [0.15, 0.2) is 30.2 Å². The number of rotatable bonds is 7. The van der Waals surface area contributed by atoms with Gasteiger partial charge in [0, 0.05) is 6.54 Å². The monoisotopic (exact) mass is 375 g/mol. The van der Waals surface area contributed by atoms with Crippen molar-refractivity contribution >= 4 is 32.6 Å². The number of carbonyl (C=O) groups is 1. The Bertz CT molecular complexity index is 800. The minimum Gasteiger partial charge on any atom is -0.494 e. The number of carbonyl (C=O) groups excluding carboxylic acids is 1. The Kier molecular flexibility index (Phi) is 6.11. The molecule has 0 atom stereocenters. The van der Waals surface area contributed by atoms with Crippen LogP contribution in [-0.2, 0) is 20.7 Å². The molecule has 140 valence electrons. The standard InChI is InChI=1S/C19H25N3O3S/c1-4-14-6-7-15-17(12-14)26-19(20-15)22(9-5-8-21(2)3)18(23)16-13-24-10-11-25-16/h6-7,12-13H,4-5,8-11H2,1-3H3. The molecule has 0 saturated carbocycles. The second-order valence-electron chi connectivity index (χ2n) is 6.47. The zero-order valence-electron chi connectivity index (χ0n) is 15.5. The molecule has 0 N–H and O–H groups in total. The first-order valence-electron chi connectivity index (χ1n) is 8.89. The van der Waals surface area contributed by atoms with Gasteiger partial charge < -0.3 is 14.4 Å². The highest BCUT2D eigenvalue weighted by Gasteiger charge is 2.26. The first-order valence-corrected chi connectivity index (χ1v) is 9.70. The summed E-state index contributed by atoms with van der Waals surface area (Å²) >= 11 is 1.54. The topological polar surface area (TPSA) is 54.9 Å². The Balaban J connectivity index is 1.88. The fourth-order valence-corrected chi connectivity index (χ4v) is 3.79. The van der Waals surface area contributed by atoms with Crippen LogP contribution in [-0.4, -0.2) is 56.2 Å². The van der Waals surface area contributed by atoms with Crippen LogP contribution in [0, 0.1) is 0 Å². The van der Waals surface area contributed by atoms with Gasteiger partial charge in [0.25, 0.3) is 5.91 Å². The van der Waals surface area contributed by atoms with Crippen molar-refractivity contribution in [3.05, 3.63) is 35.8 Å². The first kappa shape index (κ1) is 18.7. The summed E-state index contributed by atoms with van der Waals surface area (Å²) in [5, 5.41) is 0.701. The summed E-state index contributed by atoms with van der Waals surface area (Å²) in [7, 11) is 4.05. The number of hydrogen-bond donors (Lipinski definition) is 0. The molecule has 0 aliphatic carbocycles. The third-order valence-corrected chi connectivity index (χ3v) is 5.21. The number of nitrogens with zero attached hydrogens (tertiary/aromatic N) is 3. The summed E-state index contributed by atoms with van der Waals surface area (Å²) < 4.78 is 11.8. The molecule has 0 fully saturated rings. The summed E-state index contributed by atoms with van der Waals surface area (Å²) in [4.78, 5) is 21.5. The van der Waals surface area contributed by atoms with E-state index >= 15 is 0 Å². The van der Waals surface area contributed by atoms with E-state index in [0.29, 0.717) is 24.9 Å². The van der Waals surface area contributed by atoms with Crippen LogP contribution in [0.3, 0.4) is 0 Å². The van der Waals surface area contributed by atoms with Gasteiger partial charge in [-0.25, -0.2) is 4.98 Å². The molecule has 3 rings (SSSR count). The number of aryl methyl sites for hydroxylation is 1. The van der Waals surface area contributed by atoms with E-state index in [1.165, 1.54) is 11.8 Å². The van der Waals surface area contributed by atoms with Crippen LogP contribution in [0.5, 0.6) is 0 Å². The van der Waals surface area contributed by atoms with Gasteiger partial charge in [0.15, 0.2) is 5.13 Å². The Morgan fingerprint density at radius 3 is 2.81 bits per heavy atom. The number of hydrogen-bond acceptors (Lipinski definition) is 6. The molecule has 6 nitrogen and oxygen atoms in total. The lowest BCUT2D eigenvalue weighted by Crippen LogP contribution is -2.36. The van der Waals surface area contributed by atoms with E-state index in [9.17, 15) is 4.79 Å². The third kappa shape index (κ3) is 4.34. The van der Waals surface area contributed by atoms with Crippen LogP contribution in [0.25, 0.3) is 10.2 Å². The Labute approximate surface area is 158 Å². The van der Waals surface area contributed by atoms with Gasteiger partial charge in [-0.15, -0.1) is 0 Å². The van der Waals surface area contributed by atoms with E-state index in [4.69, 9.17) is 9.47 Å². The zero-order valence-corrected chi connectivity index (χ0v) is 16.3. The second kappa shape index (κ2) is 8.51. The van der Waals surface area contributed by atoms with Crippen molar-refractivity contribution in [2.75, 3.05) is 45.3 Å². The second-order valence-corrected chi connectivity index (χ2v) is 7.48. The maximum atomic E-state index is 13.0. The Hall–Kier alpha value is -2.12. The van der Waals surface area contributed by atoms with Crippen molar-refractivity contribution in [3.8, 4) is 0 Å². The molecule has 0 bridgehead atoms. The maximum Gasteiger partial charge on any atom is 0.298 e. The van der Waals surface area contributed by atoms with E-state index < -0.39 is 0 Å². The first-order chi connectivity index (χ1) is 12.6. The zero-order chi connectivity index (χ0) is 18.5. The molecule has 0 spiro atoms. The minimum absolute atomic E-state index is 0.196. The lowest BCUT2D eigenvalue weighted by Gasteiger charge is -2.23. The quantitative estimate of drug-likeness (QED) is 0.745. The molecule has 26 heavy (non-hydrogen) atoms. The Morgan fingerprint density at radius 1 is 1.27 bits per heavy atom. The number of thiazole rings is 1. The molecule has 0 saturated heterocycles. The number of amides is 1. The highest BCUT2D eigenvalue weighted by Crippen LogP contribution is 2.31. The highest BCUT2D eigenvalue weighted by atomic mass is 32.1. The van der Waals surface area contributed by atoms with Gasteiger partial charge >= 0.3 is 0 Å².